The summed E-state index contributed by atoms with van der Waals surface area (Å²) in [6.45, 7) is 1.88. The van der Waals surface area contributed by atoms with E-state index in [1.54, 1.807) is 31.4 Å². The van der Waals surface area contributed by atoms with E-state index in [4.69, 9.17) is 13.9 Å². The lowest BCUT2D eigenvalue weighted by atomic mass is 10.0. The Bertz CT molecular complexity index is 1480. The largest absolute Gasteiger partial charge is 0.497 e. The number of aromatic nitrogens is 1. The minimum absolute atomic E-state index is 0.231. The first-order valence-corrected chi connectivity index (χ1v) is 11.5. The van der Waals surface area contributed by atoms with E-state index in [1.165, 1.54) is 18.4 Å². The summed E-state index contributed by atoms with van der Waals surface area (Å²) in [5.41, 5.74) is 2.68. The molecule has 1 N–H and O–H groups in total. The summed E-state index contributed by atoms with van der Waals surface area (Å²) in [7, 11) is 1.61. The minimum Gasteiger partial charge on any atom is -0.497 e. The highest BCUT2D eigenvalue weighted by atomic mass is 19.1. The maximum Gasteiger partial charge on any atom is 0.287 e. The molecule has 2 aromatic heterocycles. The molecule has 0 aliphatic rings. The Hall–Kier alpha value is -4.52. The molecule has 3 aromatic carbocycles. The van der Waals surface area contributed by atoms with Crippen LogP contribution >= 0.6 is 0 Å². The fourth-order valence-corrected chi connectivity index (χ4v) is 4.21. The van der Waals surface area contributed by atoms with Crippen molar-refractivity contribution in [3.05, 3.63) is 115 Å². The molecular weight excluding hydrogens is 459 g/mol. The Morgan fingerprint density at radius 2 is 1.81 bits per heavy atom. The molecule has 0 bridgehead atoms. The van der Waals surface area contributed by atoms with Crippen LogP contribution in [0.1, 0.15) is 29.1 Å². The minimum atomic E-state index is -0.504. The van der Waals surface area contributed by atoms with Gasteiger partial charge in [-0.25, -0.2) is 4.39 Å². The third-order valence-electron chi connectivity index (χ3n) is 6.01. The van der Waals surface area contributed by atoms with Crippen molar-refractivity contribution >= 4 is 16.8 Å². The highest BCUT2D eigenvalue weighted by molar-refractivity contribution is 5.91. The highest BCUT2D eigenvalue weighted by Gasteiger charge is 2.25. The second-order valence-electron chi connectivity index (χ2n) is 8.44. The van der Waals surface area contributed by atoms with Crippen molar-refractivity contribution < 1.29 is 23.1 Å². The standard InChI is InChI=1S/C29H25FN2O4/c1-19(31-29(33)27-7-4-16-35-27)28(21-5-3-6-24(18-21)34-2)36-25-12-13-26-20(17-25)14-15-32(26)23-10-8-22(30)9-11-23/h3-19,28H,1-2H3,(H,31,33)/t19-,28-/m0/s1. The van der Waals surface area contributed by atoms with Crippen LogP contribution in [0.3, 0.4) is 0 Å². The number of hydrogen-bond donors (Lipinski definition) is 1. The lowest BCUT2D eigenvalue weighted by Crippen LogP contribution is -2.39. The van der Waals surface area contributed by atoms with E-state index in [-0.39, 0.29) is 17.5 Å². The summed E-state index contributed by atoms with van der Waals surface area (Å²) in [6.07, 6.45) is 2.90. The Kier molecular flexibility index (Phi) is 6.45. The number of carbonyl (C=O) groups excluding carboxylic acids is 1. The smallest absolute Gasteiger partial charge is 0.287 e. The Morgan fingerprint density at radius 1 is 0.972 bits per heavy atom. The topological polar surface area (TPSA) is 65.6 Å². The highest BCUT2D eigenvalue weighted by Crippen LogP contribution is 2.31. The zero-order valence-electron chi connectivity index (χ0n) is 19.9. The molecule has 1 amide bonds. The molecule has 6 nitrogen and oxygen atoms in total. The van der Waals surface area contributed by atoms with Crippen LogP contribution in [0.25, 0.3) is 16.6 Å². The van der Waals surface area contributed by atoms with Gasteiger partial charge in [0, 0.05) is 17.3 Å². The van der Waals surface area contributed by atoms with E-state index in [0.717, 1.165) is 22.2 Å². The summed E-state index contributed by atoms with van der Waals surface area (Å²) in [6, 6.07) is 24.6. The summed E-state index contributed by atoms with van der Waals surface area (Å²) >= 11 is 0. The predicted molar refractivity (Wildman–Crippen MR) is 135 cm³/mol. The van der Waals surface area contributed by atoms with Gasteiger partial charge >= 0.3 is 0 Å². The number of furan rings is 1. The summed E-state index contributed by atoms with van der Waals surface area (Å²) in [4.78, 5) is 12.6. The van der Waals surface area contributed by atoms with Gasteiger partial charge in [-0.3, -0.25) is 4.79 Å². The number of ether oxygens (including phenoxy) is 2. The van der Waals surface area contributed by atoms with Gasteiger partial charge in [0.05, 0.1) is 24.9 Å². The fourth-order valence-electron chi connectivity index (χ4n) is 4.21. The van der Waals surface area contributed by atoms with Crippen molar-refractivity contribution in [2.24, 2.45) is 0 Å². The van der Waals surface area contributed by atoms with Gasteiger partial charge in [0.15, 0.2) is 5.76 Å². The van der Waals surface area contributed by atoms with Crippen LogP contribution in [0.4, 0.5) is 4.39 Å². The number of nitrogens with zero attached hydrogens (tertiary/aromatic N) is 1. The molecule has 0 radical (unpaired) electrons. The van der Waals surface area contributed by atoms with Crippen LogP contribution in [0.15, 0.2) is 102 Å². The van der Waals surface area contributed by atoms with Crippen molar-refractivity contribution in [1.29, 1.82) is 0 Å². The van der Waals surface area contributed by atoms with Gasteiger partial charge in [-0.15, -0.1) is 0 Å². The molecule has 0 saturated carbocycles. The molecule has 0 aliphatic heterocycles. The van der Waals surface area contributed by atoms with E-state index < -0.39 is 12.1 Å². The molecule has 5 aromatic rings. The average Bonchev–Trinajstić information content (AvgIpc) is 3.58. The third kappa shape index (κ3) is 4.81. The lowest BCUT2D eigenvalue weighted by molar-refractivity contribution is 0.0854. The number of methoxy groups -OCH3 is 1. The first-order valence-electron chi connectivity index (χ1n) is 11.5. The number of halogens is 1. The molecule has 0 fully saturated rings. The molecule has 0 saturated heterocycles. The first kappa shape index (κ1) is 23.2. The van der Waals surface area contributed by atoms with Crippen LogP contribution in [0, 0.1) is 5.82 Å². The molecule has 36 heavy (non-hydrogen) atoms. The van der Waals surface area contributed by atoms with Gasteiger partial charge in [-0.2, -0.15) is 0 Å². The molecule has 0 spiro atoms. The Morgan fingerprint density at radius 3 is 2.56 bits per heavy atom. The number of amides is 1. The molecule has 2 heterocycles. The van der Waals surface area contributed by atoms with Crippen LogP contribution in [0.2, 0.25) is 0 Å². The van der Waals surface area contributed by atoms with Crippen molar-refractivity contribution in [2.45, 2.75) is 19.1 Å². The monoisotopic (exact) mass is 484 g/mol. The average molecular weight is 485 g/mol. The van der Waals surface area contributed by atoms with E-state index >= 15 is 0 Å². The van der Waals surface area contributed by atoms with E-state index in [9.17, 15) is 9.18 Å². The van der Waals surface area contributed by atoms with Gasteiger partial charge in [-0.1, -0.05) is 12.1 Å². The Balaban J connectivity index is 1.44. The zero-order valence-corrected chi connectivity index (χ0v) is 19.9. The number of benzene rings is 3. The second-order valence-corrected chi connectivity index (χ2v) is 8.44. The fraction of sp³-hybridized carbons (Fsp3) is 0.138. The number of carbonyl (C=O) groups is 1. The molecule has 7 heteroatoms. The molecule has 182 valence electrons. The second kappa shape index (κ2) is 10.00. The normalized spacial score (nSPS) is 12.8. The van der Waals surface area contributed by atoms with E-state index in [2.05, 4.69) is 5.32 Å². The van der Waals surface area contributed by atoms with E-state index in [1.807, 2.05) is 66.2 Å². The van der Waals surface area contributed by atoms with Crippen molar-refractivity contribution in [2.75, 3.05) is 7.11 Å². The summed E-state index contributed by atoms with van der Waals surface area (Å²) in [5, 5.41) is 3.94. The van der Waals surface area contributed by atoms with Gasteiger partial charge < -0.3 is 23.8 Å². The van der Waals surface area contributed by atoms with Crippen molar-refractivity contribution in [3.8, 4) is 17.2 Å². The molecule has 2 atom stereocenters. The van der Waals surface area contributed by atoms with Gasteiger partial charge in [0.1, 0.15) is 23.4 Å². The first-order chi connectivity index (χ1) is 17.5. The number of nitrogens with one attached hydrogen (secondary N) is 1. The lowest BCUT2D eigenvalue weighted by Gasteiger charge is -2.26. The van der Waals surface area contributed by atoms with Crippen molar-refractivity contribution in [1.82, 2.24) is 9.88 Å². The number of hydrogen-bond acceptors (Lipinski definition) is 4. The maximum atomic E-state index is 13.4. The molecule has 0 aliphatic carbocycles. The molecule has 5 rings (SSSR count). The maximum absolute atomic E-state index is 13.4. The Labute approximate surface area is 207 Å². The predicted octanol–water partition coefficient (Wildman–Crippen LogP) is 6.31. The van der Waals surface area contributed by atoms with Gasteiger partial charge in [-0.05, 0) is 85.3 Å². The summed E-state index contributed by atoms with van der Waals surface area (Å²) < 4.78 is 32.4. The SMILES string of the molecule is COc1cccc([C@@H](Oc2ccc3c(ccn3-c3ccc(F)cc3)c2)[C@H](C)NC(=O)c2ccco2)c1. The van der Waals surface area contributed by atoms with Crippen LogP contribution in [0.5, 0.6) is 11.5 Å². The van der Waals surface area contributed by atoms with Crippen LogP contribution in [-0.4, -0.2) is 23.6 Å². The van der Waals surface area contributed by atoms with Crippen molar-refractivity contribution in [3.63, 3.8) is 0 Å². The van der Waals surface area contributed by atoms with E-state index in [0.29, 0.717) is 11.5 Å². The van der Waals surface area contributed by atoms with Gasteiger partial charge in [0.25, 0.3) is 5.91 Å². The zero-order chi connectivity index (χ0) is 25.1. The molecule has 0 unspecified atom stereocenters. The van der Waals surface area contributed by atoms with Crippen LogP contribution in [-0.2, 0) is 0 Å². The third-order valence-corrected chi connectivity index (χ3v) is 6.01. The quantitative estimate of drug-likeness (QED) is 0.280. The molecular formula is C29H25FN2O4. The van der Waals surface area contributed by atoms with Crippen LogP contribution < -0.4 is 14.8 Å². The summed E-state index contributed by atoms with van der Waals surface area (Å²) in [5.74, 6) is 0.970. The number of fused-ring (bicyclic) bond motifs is 1. The number of rotatable bonds is 8. The van der Waals surface area contributed by atoms with Gasteiger partial charge in [0.2, 0.25) is 0 Å².